The minimum atomic E-state index is 0.0186. The van der Waals surface area contributed by atoms with Gasteiger partial charge in [0.1, 0.15) is 0 Å². The van der Waals surface area contributed by atoms with Gasteiger partial charge in [-0.3, -0.25) is 4.79 Å². The van der Waals surface area contributed by atoms with E-state index >= 15 is 0 Å². The van der Waals surface area contributed by atoms with Crippen LogP contribution in [0.25, 0.3) is 5.57 Å². The third-order valence-corrected chi connectivity index (χ3v) is 2.14. The van der Waals surface area contributed by atoms with Crippen LogP contribution in [0.2, 0.25) is 0 Å². The number of hydrogen-bond donors (Lipinski definition) is 1. The van der Waals surface area contributed by atoms with E-state index in [0.717, 1.165) is 24.1 Å². The van der Waals surface area contributed by atoms with Crippen LogP contribution in [0.5, 0.6) is 0 Å². The van der Waals surface area contributed by atoms with Crippen molar-refractivity contribution in [3.05, 3.63) is 42.0 Å². The molecular weight excluding hydrogens is 162 g/mol. The molecule has 0 aliphatic carbocycles. The zero-order valence-electron chi connectivity index (χ0n) is 7.29. The maximum absolute atomic E-state index is 11.1. The van der Waals surface area contributed by atoms with Gasteiger partial charge in [-0.2, -0.15) is 0 Å². The molecule has 0 fully saturated rings. The highest BCUT2D eigenvalue weighted by Crippen LogP contribution is 2.18. The predicted octanol–water partition coefficient (Wildman–Crippen LogP) is 1.59. The summed E-state index contributed by atoms with van der Waals surface area (Å²) < 4.78 is 0. The van der Waals surface area contributed by atoms with Crippen LogP contribution in [0.4, 0.5) is 0 Å². The minimum Gasteiger partial charge on any atom is -0.352 e. The zero-order chi connectivity index (χ0) is 9.10. The average Bonchev–Trinajstić information content (AvgIpc) is 2.19. The molecule has 0 unspecified atom stereocenters. The van der Waals surface area contributed by atoms with Crippen LogP contribution < -0.4 is 5.32 Å². The van der Waals surface area contributed by atoms with Gasteiger partial charge in [-0.1, -0.05) is 30.3 Å². The lowest BCUT2D eigenvalue weighted by Gasteiger charge is -2.13. The van der Waals surface area contributed by atoms with Crippen molar-refractivity contribution in [3.8, 4) is 0 Å². The fourth-order valence-electron chi connectivity index (χ4n) is 1.48. The Morgan fingerprint density at radius 2 is 1.92 bits per heavy atom. The monoisotopic (exact) mass is 173 g/mol. The molecule has 1 heterocycles. The average molecular weight is 173 g/mol. The number of amides is 1. The zero-order valence-corrected chi connectivity index (χ0v) is 7.29. The smallest absolute Gasteiger partial charge is 0.244 e. The molecule has 13 heavy (non-hydrogen) atoms. The predicted molar refractivity (Wildman–Crippen MR) is 52.0 cm³/mol. The van der Waals surface area contributed by atoms with E-state index in [9.17, 15) is 4.79 Å². The molecular formula is C11H11NO. The van der Waals surface area contributed by atoms with Crippen LogP contribution in [0.15, 0.2) is 36.4 Å². The molecule has 1 amide bonds. The van der Waals surface area contributed by atoms with E-state index in [4.69, 9.17) is 0 Å². The van der Waals surface area contributed by atoms with E-state index in [1.165, 1.54) is 0 Å². The van der Waals surface area contributed by atoms with Crippen molar-refractivity contribution in [2.45, 2.75) is 6.42 Å². The highest BCUT2D eigenvalue weighted by atomic mass is 16.1. The molecule has 2 nitrogen and oxygen atoms in total. The summed E-state index contributed by atoms with van der Waals surface area (Å²) in [6, 6.07) is 10.0. The van der Waals surface area contributed by atoms with E-state index < -0.39 is 0 Å². The summed E-state index contributed by atoms with van der Waals surface area (Å²) in [5.74, 6) is 0.0186. The fraction of sp³-hybridized carbons (Fsp3) is 0.182. The lowest BCUT2D eigenvalue weighted by Crippen LogP contribution is -2.26. The van der Waals surface area contributed by atoms with E-state index in [-0.39, 0.29) is 5.91 Å². The number of nitrogens with one attached hydrogen (secondary N) is 1. The van der Waals surface area contributed by atoms with Crippen LogP contribution in [-0.4, -0.2) is 12.5 Å². The summed E-state index contributed by atoms with van der Waals surface area (Å²) >= 11 is 0. The largest absolute Gasteiger partial charge is 0.352 e. The quantitative estimate of drug-likeness (QED) is 0.686. The minimum absolute atomic E-state index is 0.0186. The summed E-state index contributed by atoms with van der Waals surface area (Å²) in [7, 11) is 0. The lowest BCUT2D eigenvalue weighted by atomic mass is 10.0. The molecule has 0 saturated heterocycles. The topological polar surface area (TPSA) is 29.1 Å². The third-order valence-electron chi connectivity index (χ3n) is 2.14. The van der Waals surface area contributed by atoms with Gasteiger partial charge in [-0.15, -0.1) is 0 Å². The molecule has 0 radical (unpaired) electrons. The van der Waals surface area contributed by atoms with Crippen molar-refractivity contribution in [2.24, 2.45) is 0 Å². The highest BCUT2D eigenvalue weighted by Gasteiger charge is 2.09. The molecule has 2 rings (SSSR count). The number of carbonyl (C=O) groups excluding carboxylic acids is 1. The van der Waals surface area contributed by atoms with Crippen molar-refractivity contribution >= 4 is 11.5 Å². The van der Waals surface area contributed by atoms with Gasteiger partial charge in [0.25, 0.3) is 0 Å². The maximum atomic E-state index is 11.1. The number of hydrogen-bond acceptors (Lipinski definition) is 1. The van der Waals surface area contributed by atoms with Crippen LogP contribution in [0.1, 0.15) is 12.0 Å². The Bertz CT molecular complexity index is 340. The molecule has 0 atom stereocenters. The Balaban J connectivity index is 2.31. The maximum Gasteiger partial charge on any atom is 0.244 e. The van der Waals surface area contributed by atoms with Crippen LogP contribution in [-0.2, 0) is 4.79 Å². The van der Waals surface area contributed by atoms with Crippen LogP contribution in [0, 0.1) is 0 Å². The first-order valence-corrected chi connectivity index (χ1v) is 4.40. The Labute approximate surface area is 77.3 Å². The van der Waals surface area contributed by atoms with Crippen LogP contribution in [0.3, 0.4) is 0 Å². The molecule has 1 aliphatic heterocycles. The van der Waals surface area contributed by atoms with Gasteiger partial charge in [0.2, 0.25) is 5.91 Å². The van der Waals surface area contributed by atoms with Crippen LogP contribution >= 0.6 is 0 Å². The lowest BCUT2D eigenvalue weighted by molar-refractivity contribution is -0.116. The Morgan fingerprint density at radius 3 is 2.62 bits per heavy atom. The summed E-state index contributed by atoms with van der Waals surface area (Å²) in [6.07, 6.45) is 2.61. The Kier molecular flexibility index (Phi) is 2.13. The van der Waals surface area contributed by atoms with Gasteiger partial charge in [0, 0.05) is 12.6 Å². The summed E-state index contributed by atoms with van der Waals surface area (Å²) in [5, 5.41) is 2.77. The van der Waals surface area contributed by atoms with Gasteiger partial charge in [0.05, 0.1) is 0 Å². The molecule has 0 aromatic heterocycles. The number of benzene rings is 1. The standard InChI is InChI=1S/C11H11NO/c13-11-8-10(6-7-12-11)9-4-2-1-3-5-9/h1-5,8H,6-7H2,(H,12,13). The molecule has 2 heteroatoms. The fourth-order valence-corrected chi connectivity index (χ4v) is 1.48. The van der Waals surface area contributed by atoms with Crippen molar-refractivity contribution < 1.29 is 4.79 Å². The molecule has 0 bridgehead atoms. The van der Waals surface area contributed by atoms with Crippen molar-refractivity contribution in [1.29, 1.82) is 0 Å². The van der Waals surface area contributed by atoms with E-state index in [1.54, 1.807) is 6.08 Å². The molecule has 0 spiro atoms. The third kappa shape index (κ3) is 1.78. The first-order valence-electron chi connectivity index (χ1n) is 4.40. The van der Waals surface area contributed by atoms with Gasteiger partial charge in [0.15, 0.2) is 0 Å². The molecule has 1 aromatic rings. The normalized spacial score (nSPS) is 16.3. The molecule has 1 aliphatic rings. The van der Waals surface area contributed by atoms with Gasteiger partial charge >= 0.3 is 0 Å². The summed E-state index contributed by atoms with van der Waals surface area (Å²) in [5.41, 5.74) is 2.28. The van der Waals surface area contributed by atoms with Crippen molar-refractivity contribution in [1.82, 2.24) is 5.32 Å². The van der Waals surface area contributed by atoms with Gasteiger partial charge in [-0.05, 0) is 17.6 Å². The highest BCUT2D eigenvalue weighted by molar-refractivity contribution is 5.96. The second-order valence-electron chi connectivity index (χ2n) is 3.08. The first kappa shape index (κ1) is 8.05. The molecule has 66 valence electrons. The van der Waals surface area contributed by atoms with E-state index in [1.807, 2.05) is 30.3 Å². The summed E-state index contributed by atoms with van der Waals surface area (Å²) in [6.45, 7) is 0.750. The van der Waals surface area contributed by atoms with Gasteiger partial charge in [-0.25, -0.2) is 0 Å². The Hall–Kier alpha value is -1.57. The number of carbonyl (C=O) groups is 1. The van der Waals surface area contributed by atoms with E-state index in [2.05, 4.69) is 5.32 Å². The van der Waals surface area contributed by atoms with Gasteiger partial charge < -0.3 is 5.32 Å². The number of rotatable bonds is 1. The van der Waals surface area contributed by atoms with E-state index in [0.29, 0.717) is 0 Å². The molecule has 1 aromatic carbocycles. The molecule has 0 saturated carbocycles. The second kappa shape index (κ2) is 3.44. The summed E-state index contributed by atoms with van der Waals surface area (Å²) in [4.78, 5) is 11.1. The first-order chi connectivity index (χ1) is 6.36. The van der Waals surface area contributed by atoms with Crippen molar-refractivity contribution in [2.75, 3.05) is 6.54 Å². The SMILES string of the molecule is O=C1C=C(c2ccccc2)CCN1. The Morgan fingerprint density at radius 1 is 1.15 bits per heavy atom. The van der Waals surface area contributed by atoms with Crippen molar-refractivity contribution in [3.63, 3.8) is 0 Å². The second-order valence-corrected chi connectivity index (χ2v) is 3.08. The molecule has 1 N–H and O–H groups in total.